The zero-order valence-corrected chi connectivity index (χ0v) is 11.4. The highest BCUT2D eigenvalue weighted by atomic mass is 19.1. The summed E-state index contributed by atoms with van der Waals surface area (Å²) in [6, 6.07) is 10.1. The summed E-state index contributed by atoms with van der Waals surface area (Å²) in [6.45, 7) is 3.80. The van der Waals surface area contributed by atoms with Crippen molar-refractivity contribution in [3.8, 4) is 6.07 Å². The summed E-state index contributed by atoms with van der Waals surface area (Å²) in [6.07, 6.45) is 0.722. The van der Waals surface area contributed by atoms with Gasteiger partial charge in [0.05, 0.1) is 0 Å². The number of halogens is 1. The van der Waals surface area contributed by atoms with E-state index in [4.69, 9.17) is 5.26 Å². The number of nitriles is 1. The Balaban J connectivity index is 2.04. The fourth-order valence-electron chi connectivity index (χ4n) is 1.94. The molecule has 4 nitrogen and oxygen atoms in total. The Morgan fingerprint density at radius 1 is 1.30 bits per heavy atom. The molecule has 0 spiro atoms. The molecule has 1 atom stereocenters. The minimum absolute atomic E-state index is 0.0776. The molecule has 1 unspecified atom stereocenters. The Morgan fingerprint density at radius 3 is 2.65 bits per heavy atom. The van der Waals surface area contributed by atoms with E-state index in [1.807, 2.05) is 19.9 Å². The highest BCUT2D eigenvalue weighted by Gasteiger charge is 2.07. The fourth-order valence-corrected chi connectivity index (χ4v) is 1.94. The summed E-state index contributed by atoms with van der Waals surface area (Å²) >= 11 is 0. The lowest BCUT2D eigenvalue weighted by Crippen LogP contribution is -2.20. The van der Waals surface area contributed by atoms with E-state index in [0.29, 0.717) is 11.6 Å². The van der Waals surface area contributed by atoms with Gasteiger partial charge in [-0.3, -0.25) is 0 Å². The molecule has 0 saturated carbocycles. The minimum atomic E-state index is -0.241. The first kappa shape index (κ1) is 13.9. The first-order valence-corrected chi connectivity index (χ1v) is 6.33. The van der Waals surface area contributed by atoms with E-state index in [2.05, 4.69) is 15.3 Å². The zero-order chi connectivity index (χ0) is 14.5. The molecule has 0 amide bonds. The highest BCUT2D eigenvalue weighted by Crippen LogP contribution is 2.10. The Kier molecular flexibility index (Phi) is 4.26. The van der Waals surface area contributed by atoms with Crippen molar-refractivity contribution in [2.24, 2.45) is 0 Å². The van der Waals surface area contributed by atoms with Crippen molar-refractivity contribution < 1.29 is 4.39 Å². The first-order valence-electron chi connectivity index (χ1n) is 6.33. The Bertz CT molecular complexity index is 631. The SMILES string of the molecule is Cc1cc(C#N)nc(NC(C)Cc2ccc(F)cc2)n1. The fraction of sp³-hybridized carbons (Fsp3) is 0.267. The molecule has 2 aromatic rings. The maximum absolute atomic E-state index is 12.8. The number of nitrogens with one attached hydrogen (secondary N) is 1. The van der Waals surface area contributed by atoms with Crippen LogP contribution in [0.15, 0.2) is 30.3 Å². The average Bonchev–Trinajstić information content (AvgIpc) is 2.40. The predicted octanol–water partition coefficient (Wildman–Crippen LogP) is 2.84. The number of anilines is 1. The van der Waals surface area contributed by atoms with Gasteiger partial charge in [0.1, 0.15) is 17.6 Å². The number of benzene rings is 1. The third-order valence-corrected chi connectivity index (χ3v) is 2.80. The topological polar surface area (TPSA) is 61.6 Å². The third kappa shape index (κ3) is 3.75. The van der Waals surface area contributed by atoms with Gasteiger partial charge in [-0.25, -0.2) is 14.4 Å². The van der Waals surface area contributed by atoms with Crippen LogP contribution in [0.5, 0.6) is 0 Å². The molecule has 2 rings (SSSR count). The number of aromatic nitrogens is 2. The summed E-state index contributed by atoms with van der Waals surface area (Å²) < 4.78 is 12.8. The van der Waals surface area contributed by atoms with Gasteiger partial charge < -0.3 is 5.32 Å². The van der Waals surface area contributed by atoms with Crippen molar-refractivity contribution in [3.63, 3.8) is 0 Å². The van der Waals surface area contributed by atoms with Gasteiger partial charge in [0.15, 0.2) is 0 Å². The molecular formula is C15H15FN4. The largest absolute Gasteiger partial charge is 0.351 e. The molecule has 0 bridgehead atoms. The second kappa shape index (κ2) is 6.11. The molecule has 0 saturated heterocycles. The van der Waals surface area contributed by atoms with Gasteiger partial charge in [-0.15, -0.1) is 0 Å². The number of hydrogen-bond donors (Lipinski definition) is 1. The van der Waals surface area contributed by atoms with Gasteiger partial charge in [-0.2, -0.15) is 5.26 Å². The molecule has 0 radical (unpaired) electrons. The van der Waals surface area contributed by atoms with Gasteiger partial charge in [-0.1, -0.05) is 12.1 Å². The molecule has 1 aromatic carbocycles. The molecule has 0 aliphatic carbocycles. The lowest BCUT2D eigenvalue weighted by Gasteiger charge is -2.14. The third-order valence-electron chi connectivity index (χ3n) is 2.80. The average molecular weight is 270 g/mol. The smallest absolute Gasteiger partial charge is 0.224 e. The first-order chi connectivity index (χ1) is 9.56. The summed E-state index contributed by atoms with van der Waals surface area (Å²) in [7, 11) is 0. The molecule has 102 valence electrons. The van der Waals surface area contributed by atoms with Crippen LogP contribution in [0, 0.1) is 24.1 Å². The van der Waals surface area contributed by atoms with Crippen LogP contribution in [0.1, 0.15) is 23.9 Å². The Morgan fingerprint density at radius 2 is 2.00 bits per heavy atom. The van der Waals surface area contributed by atoms with Crippen molar-refractivity contribution in [1.82, 2.24) is 9.97 Å². The second-order valence-electron chi connectivity index (χ2n) is 4.71. The van der Waals surface area contributed by atoms with E-state index in [-0.39, 0.29) is 11.9 Å². The molecule has 0 aliphatic heterocycles. The zero-order valence-electron chi connectivity index (χ0n) is 11.4. The van der Waals surface area contributed by atoms with Crippen LogP contribution in [0.4, 0.5) is 10.3 Å². The van der Waals surface area contributed by atoms with Crippen LogP contribution in [0.25, 0.3) is 0 Å². The molecule has 5 heteroatoms. The van der Waals surface area contributed by atoms with Crippen molar-refractivity contribution >= 4 is 5.95 Å². The van der Waals surface area contributed by atoms with Gasteiger partial charge in [0, 0.05) is 11.7 Å². The van der Waals surface area contributed by atoms with E-state index in [9.17, 15) is 4.39 Å². The minimum Gasteiger partial charge on any atom is -0.351 e. The Labute approximate surface area is 117 Å². The molecular weight excluding hydrogens is 255 g/mol. The van der Waals surface area contributed by atoms with E-state index >= 15 is 0 Å². The molecule has 0 fully saturated rings. The van der Waals surface area contributed by atoms with Crippen molar-refractivity contribution in [2.75, 3.05) is 5.32 Å². The van der Waals surface area contributed by atoms with Crippen molar-refractivity contribution in [2.45, 2.75) is 26.3 Å². The molecule has 1 aromatic heterocycles. The van der Waals surface area contributed by atoms with Crippen LogP contribution in [0.3, 0.4) is 0 Å². The number of nitrogens with zero attached hydrogens (tertiary/aromatic N) is 3. The van der Waals surface area contributed by atoms with Gasteiger partial charge in [0.2, 0.25) is 5.95 Å². The lowest BCUT2D eigenvalue weighted by molar-refractivity contribution is 0.626. The summed E-state index contributed by atoms with van der Waals surface area (Å²) in [5, 5.41) is 12.0. The maximum Gasteiger partial charge on any atom is 0.224 e. The van der Waals surface area contributed by atoms with Crippen molar-refractivity contribution in [3.05, 3.63) is 53.1 Å². The van der Waals surface area contributed by atoms with Gasteiger partial charge in [0.25, 0.3) is 0 Å². The molecule has 1 heterocycles. The van der Waals surface area contributed by atoms with Crippen LogP contribution >= 0.6 is 0 Å². The molecule has 0 aliphatic rings. The lowest BCUT2D eigenvalue weighted by atomic mass is 10.1. The molecule has 1 N–H and O–H groups in total. The quantitative estimate of drug-likeness (QED) is 0.928. The van der Waals surface area contributed by atoms with Crippen LogP contribution < -0.4 is 5.32 Å². The number of aryl methyl sites for hydroxylation is 1. The monoisotopic (exact) mass is 270 g/mol. The van der Waals surface area contributed by atoms with Gasteiger partial charge >= 0.3 is 0 Å². The van der Waals surface area contributed by atoms with Gasteiger partial charge in [-0.05, 0) is 44.0 Å². The van der Waals surface area contributed by atoms with Crippen molar-refractivity contribution in [1.29, 1.82) is 5.26 Å². The predicted molar refractivity (Wildman–Crippen MR) is 74.7 cm³/mol. The summed E-state index contributed by atoms with van der Waals surface area (Å²) in [5.41, 5.74) is 2.11. The van der Waals surface area contributed by atoms with Crippen LogP contribution in [-0.2, 0) is 6.42 Å². The second-order valence-corrected chi connectivity index (χ2v) is 4.71. The number of rotatable bonds is 4. The standard InChI is InChI=1S/C15H15FN4/c1-10(7-12-3-5-13(16)6-4-12)18-15-19-11(2)8-14(9-17)20-15/h3-6,8,10H,7H2,1-2H3,(H,18,19,20). The maximum atomic E-state index is 12.8. The number of hydrogen-bond acceptors (Lipinski definition) is 4. The van der Waals surface area contributed by atoms with Crippen LogP contribution in [-0.4, -0.2) is 16.0 Å². The molecule has 20 heavy (non-hydrogen) atoms. The normalized spacial score (nSPS) is 11.7. The Hall–Kier alpha value is -2.48. The van der Waals surface area contributed by atoms with E-state index < -0.39 is 0 Å². The summed E-state index contributed by atoms with van der Waals surface area (Å²) in [4.78, 5) is 8.35. The van der Waals surface area contributed by atoms with E-state index in [1.165, 1.54) is 12.1 Å². The van der Waals surface area contributed by atoms with E-state index in [0.717, 1.165) is 17.7 Å². The van der Waals surface area contributed by atoms with Crippen LogP contribution in [0.2, 0.25) is 0 Å². The van der Waals surface area contributed by atoms with E-state index in [1.54, 1.807) is 18.2 Å². The summed E-state index contributed by atoms with van der Waals surface area (Å²) in [5.74, 6) is 0.200. The highest BCUT2D eigenvalue weighted by molar-refractivity contribution is 5.34.